The van der Waals surface area contributed by atoms with Crippen molar-refractivity contribution < 1.29 is 8.42 Å². The van der Waals surface area contributed by atoms with Crippen LogP contribution in [-0.4, -0.2) is 68.0 Å². The zero-order valence-corrected chi connectivity index (χ0v) is 13.2. The Hall–Kier alpha value is -1.21. The fraction of sp³-hybridized carbons (Fsp3) is 0.714. The smallest absolute Gasteiger partial charge is 0.153 e. The van der Waals surface area contributed by atoms with E-state index in [1.54, 1.807) is 6.20 Å². The molecule has 0 aromatic carbocycles. The van der Waals surface area contributed by atoms with Crippen LogP contribution in [0.3, 0.4) is 0 Å². The van der Waals surface area contributed by atoms with E-state index in [9.17, 15) is 8.42 Å². The third-order valence-electron chi connectivity index (χ3n) is 4.46. The van der Waals surface area contributed by atoms with Gasteiger partial charge in [0.05, 0.1) is 29.6 Å². The Labute approximate surface area is 126 Å². The molecular formula is C14H22N4O2S. The van der Waals surface area contributed by atoms with Gasteiger partial charge in [-0.3, -0.25) is 4.98 Å². The van der Waals surface area contributed by atoms with Crippen LogP contribution in [0, 0.1) is 0 Å². The van der Waals surface area contributed by atoms with Gasteiger partial charge >= 0.3 is 0 Å². The molecular weight excluding hydrogens is 288 g/mol. The molecule has 3 heterocycles. The minimum atomic E-state index is -2.85. The number of sulfone groups is 1. The summed E-state index contributed by atoms with van der Waals surface area (Å²) in [5.41, 5.74) is 1.07. The summed E-state index contributed by atoms with van der Waals surface area (Å²) in [7, 11) is -0.700. The molecule has 21 heavy (non-hydrogen) atoms. The normalized spacial score (nSPS) is 24.1. The van der Waals surface area contributed by atoms with Gasteiger partial charge in [-0.25, -0.2) is 13.4 Å². The zero-order valence-electron chi connectivity index (χ0n) is 12.4. The molecule has 0 saturated carbocycles. The van der Waals surface area contributed by atoms with E-state index in [2.05, 4.69) is 21.9 Å². The van der Waals surface area contributed by atoms with E-state index in [0.717, 1.165) is 37.4 Å². The van der Waals surface area contributed by atoms with Gasteiger partial charge in [0.2, 0.25) is 0 Å². The molecule has 0 radical (unpaired) electrons. The first-order chi connectivity index (χ1) is 10.0. The van der Waals surface area contributed by atoms with E-state index in [-0.39, 0.29) is 11.5 Å². The molecule has 1 aromatic rings. The number of hydrogen-bond donors (Lipinski definition) is 0. The van der Waals surface area contributed by atoms with E-state index in [0.29, 0.717) is 19.0 Å². The predicted octanol–water partition coefficient (Wildman–Crippen LogP) is 0.521. The Balaban J connectivity index is 1.64. The van der Waals surface area contributed by atoms with Crippen LogP contribution in [-0.2, 0) is 9.84 Å². The first-order valence-electron chi connectivity index (χ1n) is 7.49. The van der Waals surface area contributed by atoms with Crippen LogP contribution in [0.2, 0.25) is 0 Å². The predicted molar refractivity (Wildman–Crippen MR) is 82.4 cm³/mol. The van der Waals surface area contributed by atoms with E-state index in [1.165, 1.54) is 0 Å². The minimum Gasteiger partial charge on any atom is -0.353 e. The molecule has 1 aromatic heterocycles. The van der Waals surface area contributed by atoms with Gasteiger partial charge in [-0.15, -0.1) is 0 Å². The van der Waals surface area contributed by atoms with Gasteiger partial charge < -0.3 is 9.80 Å². The summed E-state index contributed by atoms with van der Waals surface area (Å²) in [6.45, 7) is 3.26. The first kappa shape index (κ1) is 14.7. The Bertz CT molecular complexity index is 565. The number of rotatable bonds is 2. The van der Waals surface area contributed by atoms with Crippen LogP contribution in [0.5, 0.6) is 0 Å². The van der Waals surface area contributed by atoms with Crippen molar-refractivity contribution in [2.45, 2.75) is 18.8 Å². The van der Waals surface area contributed by atoms with Gasteiger partial charge in [-0.05, 0) is 33.0 Å². The molecule has 0 aliphatic carbocycles. The fourth-order valence-corrected chi connectivity index (χ4v) is 4.15. The average molecular weight is 310 g/mol. The lowest BCUT2D eigenvalue weighted by Gasteiger charge is -2.29. The van der Waals surface area contributed by atoms with Crippen LogP contribution >= 0.6 is 0 Å². The highest BCUT2D eigenvalue weighted by atomic mass is 32.2. The topological polar surface area (TPSA) is 66.4 Å². The molecule has 7 heteroatoms. The Morgan fingerprint density at radius 3 is 2.29 bits per heavy atom. The van der Waals surface area contributed by atoms with E-state index in [1.807, 2.05) is 11.1 Å². The van der Waals surface area contributed by atoms with Crippen molar-refractivity contribution in [2.75, 3.05) is 49.6 Å². The van der Waals surface area contributed by atoms with Crippen molar-refractivity contribution in [3.05, 3.63) is 18.1 Å². The van der Waals surface area contributed by atoms with E-state index >= 15 is 0 Å². The van der Waals surface area contributed by atoms with Gasteiger partial charge in [0.25, 0.3) is 0 Å². The van der Waals surface area contributed by atoms with E-state index in [4.69, 9.17) is 0 Å². The van der Waals surface area contributed by atoms with Crippen LogP contribution in [0.25, 0.3) is 0 Å². The molecule has 0 atom stereocenters. The Kier molecular flexibility index (Phi) is 4.12. The molecule has 3 rings (SSSR count). The lowest BCUT2D eigenvalue weighted by molar-refractivity contribution is 0.253. The number of likely N-dealkylation sites (tertiary alicyclic amines) is 1. The standard InChI is InChI=1S/C14H22N4O2S/c1-17-4-2-12(3-5-17)13-10-16-14(11-15-13)18-6-8-21(19,20)9-7-18/h10-12H,2-9H2,1H3. The Morgan fingerprint density at radius 2 is 1.71 bits per heavy atom. The van der Waals surface area contributed by atoms with Gasteiger partial charge in [-0.2, -0.15) is 0 Å². The van der Waals surface area contributed by atoms with Crippen molar-refractivity contribution in [2.24, 2.45) is 0 Å². The molecule has 2 aliphatic heterocycles. The van der Waals surface area contributed by atoms with Crippen molar-refractivity contribution in [1.29, 1.82) is 0 Å². The van der Waals surface area contributed by atoms with Gasteiger partial charge in [0.1, 0.15) is 5.82 Å². The molecule has 2 aliphatic rings. The number of nitrogens with zero attached hydrogens (tertiary/aromatic N) is 4. The largest absolute Gasteiger partial charge is 0.353 e. The number of hydrogen-bond acceptors (Lipinski definition) is 6. The molecule has 0 N–H and O–H groups in total. The number of anilines is 1. The van der Waals surface area contributed by atoms with Crippen LogP contribution in [0.4, 0.5) is 5.82 Å². The summed E-state index contributed by atoms with van der Waals surface area (Å²) >= 11 is 0. The summed E-state index contributed by atoms with van der Waals surface area (Å²) < 4.78 is 22.9. The van der Waals surface area contributed by atoms with Crippen LogP contribution in [0.15, 0.2) is 12.4 Å². The minimum absolute atomic E-state index is 0.214. The van der Waals surface area contributed by atoms with Crippen molar-refractivity contribution >= 4 is 15.7 Å². The molecule has 0 unspecified atom stereocenters. The maximum absolute atomic E-state index is 11.4. The van der Waals surface area contributed by atoms with Crippen molar-refractivity contribution in [1.82, 2.24) is 14.9 Å². The van der Waals surface area contributed by atoms with E-state index < -0.39 is 9.84 Å². The summed E-state index contributed by atoms with van der Waals surface area (Å²) in [6.07, 6.45) is 5.93. The zero-order chi connectivity index (χ0) is 14.9. The molecule has 6 nitrogen and oxygen atoms in total. The molecule has 2 fully saturated rings. The summed E-state index contributed by atoms with van der Waals surface area (Å²) in [4.78, 5) is 13.4. The quantitative estimate of drug-likeness (QED) is 0.793. The summed E-state index contributed by atoms with van der Waals surface area (Å²) in [5, 5.41) is 0. The molecule has 0 amide bonds. The van der Waals surface area contributed by atoms with Gasteiger partial charge in [-0.1, -0.05) is 0 Å². The highest BCUT2D eigenvalue weighted by Crippen LogP contribution is 2.26. The molecule has 0 spiro atoms. The van der Waals surface area contributed by atoms with Crippen LogP contribution < -0.4 is 4.90 Å². The SMILES string of the molecule is CN1CCC(c2cnc(N3CCS(=O)(=O)CC3)cn2)CC1. The molecule has 0 bridgehead atoms. The average Bonchev–Trinajstić information content (AvgIpc) is 2.48. The number of piperidine rings is 1. The second-order valence-corrected chi connectivity index (χ2v) is 8.32. The monoisotopic (exact) mass is 310 g/mol. The first-order valence-corrected chi connectivity index (χ1v) is 9.31. The fourth-order valence-electron chi connectivity index (χ4n) is 2.95. The third-order valence-corrected chi connectivity index (χ3v) is 6.07. The number of aromatic nitrogens is 2. The lowest BCUT2D eigenvalue weighted by Crippen LogP contribution is -2.40. The summed E-state index contributed by atoms with van der Waals surface area (Å²) in [6, 6.07) is 0. The maximum Gasteiger partial charge on any atom is 0.153 e. The highest BCUT2D eigenvalue weighted by Gasteiger charge is 2.24. The van der Waals surface area contributed by atoms with Gasteiger partial charge in [0.15, 0.2) is 9.84 Å². The maximum atomic E-state index is 11.4. The molecule has 2 saturated heterocycles. The molecule has 116 valence electrons. The highest BCUT2D eigenvalue weighted by molar-refractivity contribution is 7.91. The van der Waals surface area contributed by atoms with Crippen molar-refractivity contribution in [3.63, 3.8) is 0 Å². The second kappa shape index (κ2) is 5.88. The van der Waals surface area contributed by atoms with Gasteiger partial charge in [0, 0.05) is 19.0 Å². The van der Waals surface area contributed by atoms with Crippen LogP contribution in [0.1, 0.15) is 24.5 Å². The Morgan fingerprint density at radius 1 is 1.05 bits per heavy atom. The van der Waals surface area contributed by atoms with Crippen molar-refractivity contribution in [3.8, 4) is 0 Å². The summed E-state index contributed by atoms with van der Waals surface area (Å²) in [5.74, 6) is 1.72. The third kappa shape index (κ3) is 3.52. The second-order valence-electron chi connectivity index (χ2n) is 6.02. The lowest BCUT2D eigenvalue weighted by atomic mass is 9.94.